The molecule has 1 N–H and O–H groups in total. The lowest BCUT2D eigenvalue weighted by atomic mass is 9.95. The Bertz CT molecular complexity index is 580. The van der Waals surface area contributed by atoms with Gasteiger partial charge in [0.25, 0.3) is 10.0 Å². The van der Waals surface area contributed by atoms with E-state index in [4.69, 9.17) is 0 Å². The van der Waals surface area contributed by atoms with Crippen LogP contribution in [0.3, 0.4) is 0 Å². The van der Waals surface area contributed by atoms with Gasteiger partial charge in [-0.1, -0.05) is 13.8 Å². The van der Waals surface area contributed by atoms with Crippen molar-refractivity contribution in [1.82, 2.24) is 9.62 Å². The summed E-state index contributed by atoms with van der Waals surface area (Å²) < 4.78 is 27.9. The topological polar surface area (TPSA) is 49.4 Å². The average molecular weight is 331 g/mol. The summed E-state index contributed by atoms with van der Waals surface area (Å²) in [6.45, 7) is 10.5. The summed E-state index contributed by atoms with van der Waals surface area (Å²) >= 11 is 1.41. The van der Waals surface area contributed by atoms with E-state index in [0.29, 0.717) is 16.7 Å². The Labute approximate surface area is 132 Å². The summed E-state index contributed by atoms with van der Waals surface area (Å²) in [4.78, 5) is 1.12. The molecule has 2 atom stereocenters. The second-order valence-electron chi connectivity index (χ2n) is 6.05. The smallest absolute Gasteiger partial charge is 0.252 e. The van der Waals surface area contributed by atoms with Crippen molar-refractivity contribution in [2.45, 2.75) is 57.3 Å². The molecule has 1 aliphatic heterocycles. The van der Waals surface area contributed by atoms with Gasteiger partial charge in [-0.25, -0.2) is 8.42 Å². The van der Waals surface area contributed by atoms with Gasteiger partial charge in [0, 0.05) is 24.0 Å². The van der Waals surface area contributed by atoms with E-state index in [2.05, 4.69) is 19.2 Å². The van der Waals surface area contributed by atoms with Gasteiger partial charge in [-0.3, -0.25) is 0 Å². The van der Waals surface area contributed by atoms with Gasteiger partial charge in [0.15, 0.2) is 0 Å². The van der Waals surface area contributed by atoms with Crippen LogP contribution in [-0.2, 0) is 16.6 Å². The van der Waals surface area contributed by atoms with E-state index in [9.17, 15) is 8.42 Å². The zero-order valence-corrected chi connectivity index (χ0v) is 15.0. The number of hydrogen-bond donors (Lipinski definition) is 1. The van der Waals surface area contributed by atoms with E-state index in [0.717, 1.165) is 36.4 Å². The molecule has 0 bridgehead atoms. The predicted molar refractivity (Wildman–Crippen MR) is 88.2 cm³/mol. The molecular weight excluding hydrogens is 304 g/mol. The molecule has 2 heterocycles. The molecule has 2 rings (SSSR count). The zero-order chi connectivity index (χ0) is 15.6. The SMILES string of the molecule is CCNCc1sc(S(=O)(=O)N2CCC(C)CC2C)cc1C. The summed E-state index contributed by atoms with van der Waals surface area (Å²) in [5.41, 5.74) is 1.07. The second-order valence-corrected chi connectivity index (χ2v) is 9.30. The van der Waals surface area contributed by atoms with Gasteiger partial charge in [0.2, 0.25) is 0 Å². The molecule has 1 saturated heterocycles. The molecule has 0 saturated carbocycles. The maximum atomic E-state index is 12.9. The third-order valence-corrected chi connectivity index (χ3v) is 7.87. The molecule has 1 aromatic rings. The van der Waals surface area contributed by atoms with E-state index >= 15 is 0 Å². The zero-order valence-electron chi connectivity index (χ0n) is 13.3. The Morgan fingerprint density at radius 3 is 2.76 bits per heavy atom. The summed E-state index contributed by atoms with van der Waals surface area (Å²) in [5, 5.41) is 3.27. The van der Waals surface area contributed by atoms with Crippen molar-refractivity contribution in [3.8, 4) is 0 Å². The molecule has 2 unspecified atom stereocenters. The first-order chi connectivity index (χ1) is 9.86. The van der Waals surface area contributed by atoms with Crippen LogP contribution in [0.4, 0.5) is 0 Å². The Morgan fingerprint density at radius 2 is 2.14 bits per heavy atom. The minimum Gasteiger partial charge on any atom is -0.312 e. The summed E-state index contributed by atoms with van der Waals surface area (Å²) in [7, 11) is -3.34. The molecule has 0 aliphatic carbocycles. The normalized spacial score (nSPS) is 24.4. The molecule has 120 valence electrons. The molecule has 0 amide bonds. The van der Waals surface area contributed by atoms with E-state index in [-0.39, 0.29) is 6.04 Å². The van der Waals surface area contributed by atoms with Crippen molar-refractivity contribution in [3.05, 3.63) is 16.5 Å². The minimum absolute atomic E-state index is 0.0957. The van der Waals surface area contributed by atoms with Crippen LogP contribution in [0.25, 0.3) is 0 Å². The van der Waals surface area contributed by atoms with Crippen LogP contribution in [0.15, 0.2) is 10.3 Å². The van der Waals surface area contributed by atoms with Crippen molar-refractivity contribution >= 4 is 21.4 Å². The molecule has 4 nitrogen and oxygen atoms in total. The van der Waals surface area contributed by atoms with Gasteiger partial charge >= 0.3 is 0 Å². The fourth-order valence-corrected chi connectivity index (χ4v) is 6.23. The third kappa shape index (κ3) is 3.67. The summed E-state index contributed by atoms with van der Waals surface area (Å²) in [5.74, 6) is 0.612. The maximum absolute atomic E-state index is 12.9. The Kier molecular flexibility index (Phi) is 5.46. The molecule has 1 fully saturated rings. The molecule has 1 aromatic heterocycles. The van der Waals surface area contributed by atoms with Crippen molar-refractivity contribution < 1.29 is 8.42 Å². The predicted octanol–water partition coefficient (Wildman–Crippen LogP) is 2.98. The molecule has 0 aromatic carbocycles. The second kappa shape index (κ2) is 6.77. The van der Waals surface area contributed by atoms with Crippen molar-refractivity contribution in [2.24, 2.45) is 5.92 Å². The lowest BCUT2D eigenvalue weighted by Crippen LogP contribution is -2.43. The molecular formula is C15H26N2O2S2. The molecule has 1 aliphatic rings. The number of nitrogens with zero attached hydrogens (tertiary/aromatic N) is 1. The standard InChI is InChI=1S/C15H26N2O2S2/c1-5-16-10-14-12(3)9-15(20-14)21(18,19)17-7-6-11(2)8-13(17)4/h9,11,13,16H,5-8,10H2,1-4H3. The minimum atomic E-state index is -3.34. The van der Waals surface area contributed by atoms with E-state index in [1.54, 1.807) is 4.31 Å². The van der Waals surface area contributed by atoms with Crippen LogP contribution in [0.1, 0.15) is 44.1 Å². The Balaban J connectivity index is 2.23. The van der Waals surface area contributed by atoms with Gasteiger partial charge in [0.1, 0.15) is 4.21 Å². The number of nitrogens with one attached hydrogen (secondary N) is 1. The summed E-state index contributed by atoms with van der Waals surface area (Å²) in [6.07, 6.45) is 1.91. The first-order valence-electron chi connectivity index (χ1n) is 7.68. The number of hydrogen-bond acceptors (Lipinski definition) is 4. The highest BCUT2D eigenvalue weighted by atomic mass is 32.2. The van der Waals surface area contributed by atoms with Gasteiger partial charge in [-0.15, -0.1) is 11.3 Å². The molecule has 6 heteroatoms. The Hall–Kier alpha value is -0.430. The van der Waals surface area contributed by atoms with Crippen LogP contribution in [0.5, 0.6) is 0 Å². The fourth-order valence-electron chi connectivity index (χ4n) is 2.89. The third-order valence-electron chi connectivity index (χ3n) is 4.17. The summed E-state index contributed by atoms with van der Waals surface area (Å²) in [6, 6.07) is 1.93. The van der Waals surface area contributed by atoms with Crippen LogP contribution in [0.2, 0.25) is 0 Å². The highest BCUT2D eigenvalue weighted by Gasteiger charge is 2.34. The van der Waals surface area contributed by atoms with Gasteiger partial charge in [-0.2, -0.15) is 4.31 Å². The molecule has 21 heavy (non-hydrogen) atoms. The number of aryl methyl sites for hydroxylation is 1. The van der Waals surface area contributed by atoms with Gasteiger partial charge < -0.3 is 5.32 Å². The lowest BCUT2D eigenvalue weighted by molar-refractivity contribution is 0.220. The highest BCUT2D eigenvalue weighted by molar-refractivity contribution is 7.91. The van der Waals surface area contributed by atoms with Gasteiger partial charge in [-0.05, 0) is 50.8 Å². The van der Waals surface area contributed by atoms with E-state index in [1.807, 2.05) is 19.9 Å². The van der Waals surface area contributed by atoms with Crippen molar-refractivity contribution in [1.29, 1.82) is 0 Å². The molecule has 0 radical (unpaired) electrons. The van der Waals surface area contributed by atoms with Crippen LogP contribution in [-0.4, -0.2) is 31.9 Å². The molecule has 0 spiro atoms. The number of thiophene rings is 1. The van der Waals surface area contributed by atoms with Crippen LogP contribution in [0, 0.1) is 12.8 Å². The fraction of sp³-hybridized carbons (Fsp3) is 0.733. The monoisotopic (exact) mass is 330 g/mol. The van der Waals surface area contributed by atoms with Crippen LogP contribution < -0.4 is 5.32 Å². The van der Waals surface area contributed by atoms with E-state index < -0.39 is 10.0 Å². The first-order valence-corrected chi connectivity index (χ1v) is 9.93. The quantitative estimate of drug-likeness (QED) is 0.903. The van der Waals surface area contributed by atoms with Gasteiger partial charge in [0.05, 0.1) is 0 Å². The highest BCUT2D eigenvalue weighted by Crippen LogP contribution is 2.33. The number of sulfonamides is 1. The maximum Gasteiger partial charge on any atom is 0.252 e. The lowest BCUT2D eigenvalue weighted by Gasteiger charge is -2.35. The Morgan fingerprint density at radius 1 is 1.43 bits per heavy atom. The van der Waals surface area contributed by atoms with Crippen molar-refractivity contribution in [2.75, 3.05) is 13.1 Å². The number of piperidine rings is 1. The first kappa shape index (κ1) is 16.9. The average Bonchev–Trinajstić information content (AvgIpc) is 2.78. The number of rotatable bonds is 5. The van der Waals surface area contributed by atoms with E-state index in [1.165, 1.54) is 11.3 Å². The van der Waals surface area contributed by atoms with Crippen molar-refractivity contribution in [3.63, 3.8) is 0 Å². The largest absolute Gasteiger partial charge is 0.312 e. The van der Waals surface area contributed by atoms with Crippen LogP contribution >= 0.6 is 11.3 Å².